The zero-order chi connectivity index (χ0) is 11.9. The third-order valence-corrected chi connectivity index (χ3v) is 3.46. The van der Waals surface area contributed by atoms with Crippen molar-refractivity contribution >= 4 is 5.69 Å². The Morgan fingerprint density at radius 1 is 1.25 bits per heavy atom. The van der Waals surface area contributed by atoms with Gasteiger partial charge in [0.25, 0.3) is 0 Å². The molecular weight excluding hydrogens is 194 g/mol. The van der Waals surface area contributed by atoms with Crippen LogP contribution >= 0.6 is 0 Å². The summed E-state index contributed by atoms with van der Waals surface area (Å²) in [6.45, 7) is 14.4. The Bertz CT molecular complexity index is 415. The fourth-order valence-corrected chi connectivity index (χ4v) is 2.45. The average Bonchev–Trinajstić information content (AvgIpc) is 2.41. The largest absolute Gasteiger partial charge is 0.344 e. The fraction of sp³-hybridized carbons (Fsp3) is 0.467. The molecule has 0 aromatic heterocycles. The molecule has 0 bridgehead atoms. The van der Waals surface area contributed by atoms with E-state index < -0.39 is 0 Å². The zero-order valence-corrected chi connectivity index (χ0v) is 10.7. The van der Waals surface area contributed by atoms with Crippen LogP contribution in [0, 0.1) is 5.92 Å². The standard InChI is InChI=1S/C15H21N/c1-11(2)10-16-12(3)15(4,5)13-8-6-7-9-14(13)16/h6-9,11H,3,10H2,1-2,4-5H3. The monoisotopic (exact) mass is 215 g/mol. The van der Waals surface area contributed by atoms with Crippen molar-refractivity contribution in [3.63, 3.8) is 0 Å². The van der Waals surface area contributed by atoms with Crippen LogP contribution in [0.15, 0.2) is 36.5 Å². The van der Waals surface area contributed by atoms with Gasteiger partial charge in [-0.3, -0.25) is 0 Å². The summed E-state index contributed by atoms with van der Waals surface area (Å²) >= 11 is 0. The van der Waals surface area contributed by atoms with Gasteiger partial charge in [0.15, 0.2) is 0 Å². The number of hydrogen-bond donors (Lipinski definition) is 0. The Labute approximate surface area is 98.8 Å². The Kier molecular flexibility index (Phi) is 2.57. The predicted molar refractivity (Wildman–Crippen MR) is 70.8 cm³/mol. The van der Waals surface area contributed by atoms with Crippen molar-refractivity contribution in [1.82, 2.24) is 0 Å². The molecule has 2 rings (SSSR count). The van der Waals surface area contributed by atoms with Crippen molar-refractivity contribution in [2.24, 2.45) is 5.92 Å². The Morgan fingerprint density at radius 2 is 1.88 bits per heavy atom. The van der Waals surface area contributed by atoms with Crippen molar-refractivity contribution in [3.8, 4) is 0 Å². The molecule has 1 aromatic rings. The summed E-state index contributed by atoms with van der Waals surface area (Å²) in [5.41, 5.74) is 4.04. The lowest BCUT2D eigenvalue weighted by Crippen LogP contribution is -2.28. The quantitative estimate of drug-likeness (QED) is 0.722. The first-order valence-electron chi connectivity index (χ1n) is 6.01. The van der Waals surface area contributed by atoms with Crippen LogP contribution in [-0.4, -0.2) is 6.54 Å². The Hall–Kier alpha value is -1.24. The van der Waals surface area contributed by atoms with Gasteiger partial charge in [-0.25, -0.2) is 0 Å². The summed E-state index contributed by atoms with van der Waals surface area (Å²) in [4.78, 5) is 2.38. The maximum absolute atomic E-state index is 4.28. The van der Waals surface area contributed by atoms with Gasteiger partial charge in [0, 0.05) is 23.3 Å². The second-order valence-electron chi connectivity index (χ2n) is 5.59. The molecule has 0 atom stereocenters. The van der Waals surface area contributed by atoms with E-state index in [1.165, 1.54) is 16.9 Å². The summed E-state index contributed by atoms with van der Waals surface area (Å²) in [6, 6.07) is 8.66. The van der Waals surface area contributed by atoms with Crippen LogP contribution in [0.4, 0.5) is 5.69 Å². The molecule has 1 heteroatoms. The van der Waals surface area contributed by atoms with Gasteiger partial charge in [-0.2, -0.15) is 0 Å². The molecule has 0 unspecified atom stereocenters. The highest BCUT2D eigenvalue weighted by Gasteiger charge is 2.38. The maximum atomic E-state index is 4.28. The van der Waals surface area contributed by atoms with E-state index in [0.717, 1.165) is 6.54 Å². The summed E-state index contributed by atoms with van der Waals surface area (Å²) in [6.07, 6.45) is 0. The van der Waals surface area contributed by atoms with Crippen LogP contribution < -0.4 is 4.90 Å². The van der Waals surface area contributed by atoms with Gasteiger partial charge >= 0.3 is 0 Å². The first-order valence-corrected chi connectivity index (χ1v) is 6.01. The molecule has 0 amide bonds. The van der Waals surface area contributed by atoms with E-state index in [9.17, 15) is 0 Å². The van der Waals surface area contributed by atoms with Crippen molar-refractivity contribution in [2.75, 3.05) is 11.4 Å². The number of para-hydroxylation sites is 1. The van der Waals surface area contributed by atoms with E-state index in [0.29, 0.717) is 5.92 Å². The molecular formula is C15H21N. The number of nitrogens with zero attached hydrogens (tertiary/aromatic N) is 1. The molecule has 1 nitrogen and oxygen atoms in total. The van der Waals surface area contributed by atoms with E-state index in [-0.39, 0.29) is 5.41 Å². The number of benzene rings is 1. The first-order chi connectivity index (χ1) is 7.44. The number of hydrogen-bond acceptors (Lipinski definition) is 1. The average molecular weight is 215 g/mol. The molecule has 0 saturated heterocycles. The van der Waals surface area contributed by atoms with E-state index in [4.69, 9.17) is 0 Å². The lowest BCUT2D eigenvalue weighted by Gasteiger charge is -2.27. The molecule has 0 aliphatic carbocycles. The summed E-state index contributed by atoms with van der Waals surface area (Å²) in [7, 11) is 0. The molecule has 16 heavy (non-hydrogen) atoms. The van der Waals surface area contributed by atoms with Gasteiger partial charge in [-0.05, 0) is 17.5 Å². The number of fused-ring (bicyclic) bond motifs is 1. The van der Waals surface area contributed by atoms with Crippen LogP contribution in [-0.2, 0) is 5.41 Å². The van der Waals surface area contributed by atoms with E-state index >= 15 is 0 Å². The summed E-state index contributed by atoms with van der Waals surface area (Å²) in [5, 5.41) is 0. The van der Waals surface area contributed by atoms with Gasteiger partial charge < -0.3 is 4.90 Å². The maximum Gasteiger partial charge on any atom is 0.0450 e. The van der Waals surface area contributed by atoms with Crippen LogP contribution in [0.2, 0.25) is 0 Å². The fourth-order valence-electron chi connectivity index (χ4n) is 2.45. The SMILES string of the molecule is C=C1N(CC(C)C)c2ccccc2C1(C)C. The number of allylic oxidation sites excluding steroid dienone is 1. The van der Waals surface area contributed by atoms with E-state index in [1.807, 2.05) is 0 Å². The Balaban J connectivity index is 2.47. The highest BCUT2D eigenvalue weighted by atomic mass is 15.2. The van der Waals surface area contributed by atoms with Crippen LogP contribution in [0.3, 0.4) is 0 Å². The molecule has 1 aliphatic heterocycles. The molecule has 86 valence electrons. The predicted octanol–water partition coefficient (Wildman–Crippen LogP) is 3.95. The van der Waals surface area contributed by atoms with Crippen molar-refractivity contribution in [2.45, 2.75) is 33.1 Å². The van der Waals surface area contributed by atoms with Crippen LogP contribution in [0.1, 0.15) is 33.3 Å². The molecule has 1 heterocycles. The highest BCUT2D eigenvalue weighted by Crippen LogP contribution is 2.46. The van der Waals surface area contributed by atoms with Crippen LogP contribution in [0.5, 0.6) is 0 Å². The molecule has 1 aromatic carbocycles. The Morgan fingerprint density at radius 3 is 2.50 bits per heavy atom. The molecule has 0 fully saturated rings. The van der Waals surface area contributed by atoms with Gasteiger partial charge in [-0.15, -0.1) is 0 Å². The normalized spacial score (nSPS) is 18.1. The second kappa shape index (κ2) is 3.65. The van der Waals surface area contributed by atoms with Crippen molar-refractivity contribution in [1.29, 1.82) is 0 Å². The lowest BCUT2D eigenvalue weighted by atomic mass is 9.84. The van der Waals surface area contributed by atoms with E-state index in [1.54, 1.807) is 0 Å². The molecule has 0 N–H and O–H groups in total. The van der Waals surface area contributed by atoms with Gasteiger partial charge in [0.1, 0.15) is 0 Å². The summed E-state index contributed by atoms with van der Waals surface area (Å²) < 4.78 is 0. The minimum absolute atomic E-state index is 0.0749. The molecule has 0 saturated carbocycles. The minimum atomic E-state index is 0.0749. The summed E-state index contributed by atoms with van der Waals surface area (Å²) in [5.74, 6) is 0.652. The topological polar surface area (TPSA) is 3.24 Å². The van der Waals surface area contributed by atoms with Gasteiger partial charge in [0.2, 0.25) is 0 Å². The van der Waals surface area contributed by atoms with E-state index in [2.05, 4.69) is 63.4 Å². The molecule has 0 spiro atoms. The van der Waals surface area contributed by atoms with Gasteiger partial charge in [-0.1, -0.05) is 52.5 Å². The zero-order valence-electron chi connectivity index (χ0n) is 10.7. The number of rotatable bonds is 2. The third kappa shape index (κ3) is 1.55. The molecule has 0 radical (unpaired) electrons. The van der Waals surface area contributed by atoms with Crippen molar-refractivity contribution < 1.29 is 0 Å². The van der Waals surface area contributed by atoms with Crippen LogP contribution in [0.25, 0.3) is 0 Å². The van der Waals surface area contributed by atoms with Gasteiger partial charge in [0.05, 0.1) is 0 Å². The highest BCUT2D eigenvalue weighted by molar-refractivity contribution is 5.69. The molecule has 1 aliphatic rings. The minimum Gasteiger partial charge on any atom is -0.344 e. The lowest BCUT2D eigenvalue weighted by molar-refractivity contribution is 0.594. The second-order valence-corrected chi connectivity index (χ2v) is 5.59. The van der Waals surface area contributed by atoms with Crippen molar-refractivity contribution in [3.05, 3.63) is 42.1 Å². The first kappa shape index (κ1) is 11.3. The third-order valence-electron chi connectivity index (χ3n) is 3.46. The number of anilines is 1. The smallest absolute Gasteiger partial charge is 0.0450 e.